The van der Waals surface area contributed by atoms with Gasteiger partial charge in [-0.25, -0.2) is 0 Å². The molecule has 1 aromatic carbocycles. The number of rotatable bonds is 5. The van der Waals surface area contributed by atoms with Gasteiger partial charge in [0.1, 0.15) is 0 Å². The molecule has 2 rings (SSSR count). The quantitative estimate of drug-likeness (QED) is 0.875. The minimum atomic E-state index is -0.121. The molecule has 1 amide bonds. The maximum atomic E-state index is 12.3. The summed E-state index contributed by atoms with van der Waals surface area (Å²) in [5, 5.41) is 7.03. The zero-order chi connectivity index (χ0) is 14.5. The lowest BCUT2D eigenvalue weighted by Gasteiger charge is -2.21. The minimum Gasteiger partial charge on any atom is -0.379 e. The number of carbonyl (C=O) groups excluding carboxylic acids is 1. The fourth-order valence-corrected chi connectivity index (χ4v) is 2.56. The Hall–Kier alpha value is -1.10. The molecule has 110 valence electrons. The zero-order valence-corrected chi connectivity index (χ0v) is 12.6. The predicted molar refractivity (Wildman–Crippen MR) is 79.8 cm³/mol. The van der Waals surface area contributed by atoms with Gasteiger partial charge < -0.3 is 15.4 Å². The minimum absolute atomic E-state index is 0.0379. The summed E-state index contributed by atoms with van der Waals surface area (Å²) < 4.78 is 5.41. The molecule has 0 bridgehead atoms. The van der Waals surface area contributed by atoms with Crippen LogP contribution in [-0.4, -0.2) is 31.7 Å². The van der Waals surface area contributed by atoms with Crippen LogP contribution in [0.5, 0.6) is 0 Å². The van der Waals surface area contributed by atoms with E-state index >= 15 is 0 Å². The smallest absolute Gasteiger partial charge is 0.227 e. The van der Waals surface area contributed by atoms with Crippen molar-refractivity contribution in [3.8, 4) is 0 Å². The summed E-state index contributed by atoms with van der Waals surface area (Å²) in [7, 11) is 0. The van der Waals surface area contributed by atoms with E-state index in [0.717, 1.165) is 12.1 Å². The van der Waals surface area contributed by atoms with Crippen LogP contribution < -0.4 is 10.6 Å². The summed E-state index contributed by atoms with van der Waals surface area (Å²) in [6.45, 7) is 5.92. The molecule has 0 saturated carbocycles. The molecule has 5 heteroatoms. The Kier molecular flexibility index (Phi) is 5.40. The lowest BCUT2D eigenvalue weighted by atomic mass is 10.0. The van der Waals surface area contributed by atoms with Crippen molar-refractivity contribution < 1.29 is 9.53 Å². The number of benzene rings is 1. The van der Waals surface area contributed by atoms with Gasteiger partial charge in [0.25, 0.3) is 0 Å². The Bertz CT molecular complexity index is 450. The van der Waals surface area contributed by atoms with Crippen molar-refractivity contribution >= 4 is 17.5 Å². The Morgan fingerprint density at radius 3 is 2.75 bits per heavy atom. The van der Waals surface area contributed by atoms with Gasteiger partial charge in [0.2, 0.25) is 5.91 Å². The predicted octanol–water partition coefficient (Wildman–Crippen LogP) is 2.14. The van der Waals surface area contributed by atoms with Crippen molar-refractivity contribution in [2.24, 2.45) is 5.92 Å². The van der Waals surface area contributed by atoms with Crippen LogP contribution in [0.2, 0.25) is 5.02 Å². The summed E-state index contributed by atoms with van der Waals surface area (Å²) in [5.41, 5.74) is 1.04. The van der Waals surface area contributed by atoms with Crippen molar-refractivity contribution in [1.29, 1.82) is 0 Å². The fourth-order valence-electron chi connectivity index (χ4n) is 2.43. The second-order valence-corrected chi connectivity index (χ2v) is 5.53. The van der Waals surface area contributed by atoms with Gasteiger partial charge in [-0.2, -0.15) is 0 Å². The molecule has 0 aromatic heterocycles. The molecule has 0 spiro atoms. The van der Waals surface area contributed by atoms with E-state index in [1.165, 1.54) is 0 Å². The highest BCUT2D eigenvalue weighted by atomic mass is 35.5. The Morgan fingerprint density at radius 1 is 1.40 bits per heavy atom. The van der Waals surface area contributed by atoms with E-state index in [1.54, 1.807) is 0 Å². The molecule has 1 aromatic rings. The molecule has 1 aliphatic rings. The van der Waals surface area contributed by atoms with Crippen molar-refractivity contribution in [3.05, 3.63) is 34.9 Å². The van der Waals surface area contributed by atoms with Crippen LogP contribution in [0.4, 0.5) is 0 Å². The van der Waals surface area contributed by atoms with Gasteiger partial charge in [-0.05, 0) is 31.2 Å². The first kappa shape index (κ1) is 15.3. The number of amides is 1. The maximum Gasteiger partial charge on any atom is 0.227 e. The van der Waals surface area contributed by atoms with E-state index < -0.39 is 0 Å². The van der Waals surface area contributed by atoms with E-state index in [0.29, 0.717) is 18.2 Å². The summed E-state index contributed by atoms with van der Waals surface area (Å²) in [6, 6.07) is 7.60. The fraction of sp³-hybridized carbons (Fsp3) is 0.533. The molecule has 2 unspecified atom stereocenters. The third-order valence-corrected chi connectivity index (χ3v) is 3.86. The Balaban J connectivity index is 1.95. The highest BCUT2D eigenvalue weighted by Gasteiger charge is 2.33. The van der Waals surface area contributed by atoms with E-state index in [4.69, 9.17) is 16.3 Å². The normalized spacial score (nSPS) is 23.6. The monoisotopic (exact) mass is 296 g/mol. The first-order valence-electron chi connectivity index (χ1n) is 6.98. The first-order valence-corrected chi connectivity index (χ1v) is 7.36. The average molecular weight is 297 g/mol. The lowest BCUT2D eigenvalue weighted by molar-refractivity contribution is -0.126. The van der Waals surface area contributed by atoms with Crippen molar-refractivity contribution in [2.45, 2.75) is 25.9 Å². The summed E-state index contributed by atoms with van der Waals surface area (Å²) in [4.78, 5) is 12.3. The number of carbonyl (C=O) groups is 1. The van der Waals surface area contributed by atoms with Gasteiger partial charge in [-0.15, -0.1) is 0 Å². The maximum absolute atomic E-state index is 12.3. The topological polar surface area (TPSA) is 50.4 Å². The van der Waals surface area contributed by atoms with Crippen molar-refractivity contribution in [2.75, 3.05) is 19.8 Å². The molecule has 20 heavy (non-hydrogen) atoms. The van der Waals surface area contributed by atoms with Crippen LogP contribution >= 0.6 is 11.6 Å². The van der Waals surface area contributed by atoms with Gasteiger partial charge in [-0.1, -0.05) is 30.7 Å². The molecule has 1 aliphatic heterocycles. The molecule has 3 atom stereocenters. The van der Waals surface area contributed by atoms with Gasteiger partial charge in [0.15, 0.2) is 0 Å². The molecule has 1 heterocycles. The summed E-state index contributed by atoms with van der Waals surface area (Å²) in [5.74, 6) is -0.0828. The summed E-state index contributed by atoms with van der Waals surface area (Å²) in [6.07, 6.45) is 0. The highest BCUT2D eigenvalue weighted by Crippen LogP contribution is 2.19. The van der Waals surface area contributed by atoms with E-state index in [2.05, 4.69) is 10.6 Å². The third kappa shape index (κ3) is 3.72. The third-order valence-electron chi connectivity index (χ3n) is 3.61. The number of ether oxygens (including phenoxy) is 1. The molecular formula is C15H21ClN2O2. The average Bonchev–Trinajstić information content (AvgIpc) is 2.88. The number of likely N-dealkylation sites (N-methyl/N-ethyl adjacent to an activating group) is 1. The SMILES string of the molecule is CCNC1COCC1C(=O)N[C@H](C)c1ccc(Cl)cc1. The van der Waals surface area contributed by atoms with Crippen molar-refractivity contribution in [1.82, 2.24) is 10.6 Å². The van der Waals surface area contributed by atoms with Crippen LogP contribution in [0.15, 0.2) is 24.3 Å². The van der Waals surface area contributed by atoms with Crippen LogP contribution in [0.1, 0.15) is 25.5 Å². The molecular weight excluding hydrogens is 276 g/mol. The number of halogens is 1. The standard InChI is InChI=1S/C15H21ClN2O2/c1-3-17-14-9-20-8-13(14)15(19)18-10(2)11-4-6-12(16)7-5-11/h4-7,10,13-14,17H,3,8-9H2,1-2H3,(H,18,19)/t10-,13?,14?/m1/s1. The lowest BCUT2D eigenvalue weighted by Crippen LogP contribution is -2.44. The second-order valence-electron chi connectivity index (χ2n) is 5.09. The highest BCUT2D eigenvalue weighted by molar-refractivity contribution is 6.30. The second kappa shape index (κ2) is 7.07. The zero-order valence-electron chi connectivity index (χ0n) is 11.9. The van der Waals surface area contributed by atoms with E-state index in [1.807, 2.05) is 38.1 Å². The van der Waals surface area contributed by atoms with Gasteiger partial charge in [0, 0.05) is 11.1 Å². The van der Waals surface area contributed by atoms with Crippen molar-refractivity contribution in [3.63, 3.8) is 0 Å². The number of hydrogen-bond donors (Lipinski definition) is 2. The Labute approximate surface area is 124 Å². The van der Waals surface area contributed by atoms with Gasteiger partial charge >= 0.3 is 0 Å². The van der Waals surface area contributed by atoms with Crippen LogP contribution in [-0.2, 0) is 9.53 Å². The Morgan fingerprint density at radius 2 is 2.10 bits per heavy atom. The molecule has 0 aliphatic carbocycles. The molecule has 2 N–H and O–H groups in total. The molecule has 0 radical (unpaired) electrons. The van der Waals surface area contributed by atoms with Crippen LogP contribution in [0, 0.1) is 5.92 Å². The summed E-state index contributed by atoms with van der Waals surface area (Å²) >= 11 is 5.87. The molecule has 1 fully saturated rings. The largest absolute Gasteiger partial charge is 0.379 e. The van der Waals surface area contributed by atoms with E-state index in [9.17, 15) is 4.79 Å². The van der Waals surface area contributed by atoms with Gasteiger partial charge in [-0.3, -0.25) is 4.79 Å². The van der Waals surface area contributed by atoms with E-state index in [-0.39, 0.29) is 23.9 Å². The molecule has 4 nitrogen and oxygen atoms in total. The number of hydrogen-bond acceptors (Lipinski definition) is 3. The van der Waals surface area contributed by atoms with Crippen LogP contribution in [0.25, 0.3) is 0 Å². The number of nitrogens with one attached hydrogen (secondary N) is 2. The van der Waals surface area contributed by atoms with Crippen LogP contribution in [0.3, 0.4) is 0 Å². The van der Waals surface area contributed by atoms with Gasteiger partial charge in [0.05, 0.1) is 25.2 Å². The first-order chi connectivity index (χ1) is 9.61. The molecule has 1 saturated heterocycles.